The summed E-state index contributed by atoms with van der Waals surface area (Å²) in [5, 5.41) is 10.7. The number of halogens is 1. The Labute approximate surface area is 80.8 Å². The number of rotatable bonds is 7. The van der Waals surface area contributed by atoms with Gasteiger partial charge in [0.1, 0.15) is 0 Å². The fraction of sp³-hybridized carbons (Fsp3) is 0.556. The first kappa shape index (κ1) is 14.2. The van der Waals surface area contributed by atoms with Gasteiger partial charge in [-0.3, -0.25) is 0 Å². The minimum atomic E-state index is 0. The van der Waals surface area contributed by atoms with Crippen LogP contribution in [-0.2, 0) is 0 Å². The van der Waals surface area contributed by atoms with Crippen molar-refractivity contribution >= 4 is 0 Å². The van der Waals surface area contributed by atoms with Crippen molar-refractivity contribution in [3.63, 3.8) is 0 Å². The van der Waals surface area contributed by atoms with E-state index in [0.29, 0.717) is 6.04 Å². The number of quaternary nitrogens is 1. The second kappa shape index (κ2) is 10.7. The molecule has 0 aromatic heterocycles. The summed E-state index contributed by atoms with van der Waals surface area (Å²) in [6.45, 7) is 8.36. The van der Waals surface area contributed by atoms with E-state index < -0.39 is 0 Å². The number of hydrogen-bond donors (Lipinski definition) is 2. The zero-order valence-electron chi connectivity index (χ0n) is 7.38. The average Bonchev–Trinajstić information content (AvgIpc) is 2.01. The summed E-state index contributed by atoms with van der Waals surface area (Å²) >= 11 is 0. The maximum absolute atomic E-state index is 8.57. The highest BCUT2D eigenvalue weighted by atomic mass is 35.5. The molecule has 0 heterocycles. The fourth-order valence-electron chi connectivity index (χ4n) is 1.03. The van der Waals surface area contributed by atoms with Crippen molar-refractivity contribution in [2.45, 2.75) is 18.9 Å². The second-order valence-corrected chi connectivity index (χ2v) is 2.56. The molecule has 0 aliphatic rings. The van der Waals surface area contributed by atoms with Crippen molar-refractivity contribution in [1.82, 2.24) is 0 Å². The van der Waals surface area contributed by atoms with Crippen LogP contribution in [0, 0.1) is 0 Å². The van der Waals surface area contributed by atoms with E-state index in [1.54, 1.807) is 0 Å². The van der Waals surface area contributed by atoms with Crippen LogP contribution in [0.2, 0.25) is 0 Å². The molecule has 0 amide bonds. The predicted molar refractivity (Wildman–Crippen MR) is 47.3 cm³/mol. The molecule has 0 radical (unpaired) electrons. The molecule has 3 heteroatoms. The molecule has 0 bridgehead atoms. The van der Waals surface area contributed by atoms with Gasteiger partial charge in [0, 0.05) is 12.8 Å². The van der Waals surface area contributed by atoms with Crippen LogP contribution in [0.25, 0.3) is 0 Å². The van der Waals surface area contributed by atoms with Crippen molar-refractivity contribution in [2.24, 2.45) is 0 Å². The summed E-state index contributed by atoms with van der Waals surface area (Å²) < 4.78 is 0. The molecular formula is C9H18ClNO. The molecule has 0 rings (SSSR count). The predicted octanol–water partition coefficient (Wildman–Crippen LogP) is -2.93. The van der Waals surface area contributed by atoms with Crippen molar-refractivity contribution in [3.8, 4) is 0 Å². The van der Waals surface area contributed by atoms with Gasteiger partial charge in [0.15, 0.2) is 0 Å². The Balaban J connectivity index is 0. The number of nitrogens with two attached hydrogens (primary N) is 1. The van der Waals surface area contributed by atoms with Crippen LogP contribution in [0.5, 0.6) is 0 Å². The minimum Gasteiger partial charge on any atom is -1.00 e. The van der Waals surface area contributed by atoms with E-state index in [1.165, 1.54) is 0 Å². The monoisotopic (exact) mass is 191 g/mol. The Bertz CT molecular complexity index is 107. The summed E-state index contributed by atoms with van der Waals surface area (Å²) in [4.78, 5) is 0. The van der Waals surface area contributed by atoms with Gasteiger partial charge in [0.05, 0.1) is 19.2 Å². The Kier molecular flexibility index (Phi) is 12.7. The third kappa shape index (κ3) is 7.79. The Hall–Kier alpha value is -0.310. The van der Waals surface area contributed by atoms with E-state index in [4.69, 9.17) is 5.11 Å². The van der Waals surface area contributed by atoms with Crippen LogP contribution in [0.15, 0.2) is 25.3 Å². The molecule has 0 saturated carbocycles. The molecule has 0 atom stereocenters. The number of hydrogen-bond acceptors (Lipinski definition) is 1. The van der Waals surface area contributed by atoms with Crippen LogP contribution >= 0.6 is 0 Å². The number of aliphatic hydroxyl groups excluding tert-OH is 1. The van der Waals surface area contributed by atoms with Crippen LogP contribution in [-0.4, -0.2) is 24.3 Å². The summed E-state index contributed by atoms with van der Waals surface area (Å²) in [6.07, 6.45) is 5.77. The molecule has 0 saturated heterocycles. The van der Waals surface area contributed by atoms with Crippen LogP contribution in [0.4, 0.5) is 0 Å². The molecule has 2 nitrogen and oxygen atoms in total. The maximum atomic E-state index is 8.57. The molecule has 3 N–H and O–H groups in total. The number of aliphatic hydroxyl groups is 1. The van der Waals surface area contributed by atoms with Gasteiger partial charge in [-0.25, -0.2) is 0 Å². The molecule has 0 spiro atoms. The molecule has 0 aliphatic heterocycles. The highest BCUT2D eigenvalue weighted by molar-refractivity contribution is 4.78. The van der Waals surface area contributed by atoms with E-state index in [0.717, 1.165) is 19.4 Å². The lowest BCUT2D eigenvalue weighted by atomic mass is 10.1. The van der Waals surface area contributed by atoms with E-state index in [2.05, 4.69) is 18.5 Å². The van der Waals surface area contributed by atoms with Gasteiger partial charge < -0.3 is 22.8 Å². The smallest absolute Gasteiger partial charge is 0.0992 e. The lowest BCUT2D eigenvalue weighted by Gasteiger charge is -2.09. The van der Waals surface area contributed by atoms with Crippen molar-refractivity contribution in [2.75, 3.05) is 13.2 Å². The molecule has 72 valence electrons. The normalized spacial score (nSPS) is 9.17. The van der Waals surface area contributed by atoms with Gasteiger partial charge >= 0.3 is 0 Å². The van der Waals surface area contributed by atoms with Gasteiger partial charge in [-0.15, -0.1) is 13.2 Å². The zero-order valence-corrected chi connectivity index (χ0v) is 8.13. The Morgan fingerprint density at radius 2 is 1.75 bits per heavy atom. The zero-order chi connectivity index (χ0) is 8.53. The SMILES string of the molecule is C=CCC(CC=C)[NH2+]CCO.[Cl-]. The van der Waals surface area contributed by atoms with Crippen LogP contribution < -0.4 is 17.7 Å². The molecule has 0 aliphatic carbocycles. The summed E-state index contributed by atoms with van der Waals surface area (Å²) in [6, 6.07) is 0.511. The largest absolute Gasteiger partial charge is 1.00 e. The summed E-state index contributed by atoms with van der Waals surface area (Å²) in [7, 11) is 0. The van der Waals surface area contributed by atoms with E-state index in [9.17, 15) is 0 Å². The first-order valence-corrected chi connectivity index (χ1v) is 4.01. The van der Waals surface area contributed by atoms with Gasteiger partial charge in [0.2, 0.25) is 0 Å². The van der Waals surface area contributed by atoms with Gasteiger partial charge in [-0.05, 0) is 0 Å². The lowest BCUT2D eigenvalue weighted by molar-refractivity contribution is -0.689. The lowest BCUT2D eigenvalue weighted by Crippen LogP contribution is -3.00. The Morgan fingerprint density at radius 1 is 1.25 bits per heavy atom. The molecule has 12 heavy (non-hydrogen) atoms. The van der Waals surface area contributed by atoms with Gasteiger partial charge in [-0.1, -0.05) is 12.2 Å². The van der Waals surface area contributed by atoms with Gasteiger partial charge in [0.25, 0.3) is 0 Å². The molecule has 0 aromatic rings. The van der Waals surface area contributed by atoms with Crippen molar-refractivity contribution in [3.05, 3.63) is 25.3 Å². The van der Waals surface area contributed by atoms with Gasteiger partial charge in [-0.2, -0.15) is 0 Å². The molecule has 0 fully saturated rings. The standard InChI is InChI=1S/C9H17NO.ClH/c1-3-5-9(6-4-2)10-7-8-11;/h3-4,9-11H,1-2,5-8H2;1H. The third-order valence-corrected chi connectivity index (χ3v) is 1.57. The van der Waals surface area contributed by atoms with Crippen molar-refractivity contribution in [1.29, 1.82) is 0 Å². The molecular weight excluding hydrogens is 174 g/mol. The van der Waals surface area contributed by atoms with E-state index in [1.807, 2.05) is 12.2 Å². The second-order valence-electron chi connectivity index (χ2n) is 2.56. The Morgan fingerprint density at radius 3 is 2.08 bits per heavy atom. The fourth-order valence-corrected chi connectivity index (χ4v) is 1.03. The van der Waals surface area contributed by atoms with E-state index in [-0.39, 0.29) is 19.0 Å². The summed E-state index contributed by atoms with van der Waals surface area (Å²) in [5.41, 5.74) is 0. The first-order chi connectivity index (χ1) is 5.35. The molecule has 0 unspecified atom stereocenters. The summed E-state index contributed by atoms with van der Waals surface area (Å²) in [5.74, 6) is 0. The molecule has 0 aromatic carbocycles. The van der Waals surface area contributed by atoms with Crippen LogP contribution in [0.3, 0.4) is 0 Å². The minimum absolute atomic E-state index is 0. The highest BCUT2D eigenvalue weighted by Crippen LogP contribution is 1.93. The highest BCUT2D eigenvalue weighted by Gasteiger charge is 2.05. The van der Waals surface area contributed by atoms with E-state index >= 15 is 0 Å². The van der Waals surface area contributed by atoms with Crippen LogP contribution in [0.1, 0.15) is 12.8 Å². The topological polar surface area (TPSA) is 36.8 Å². The third-order valence-electron chi connectivity index (χ3n) is 1.57. The first-order valence-electron chi connectivity index (χ1n) is 4.01. The maximum Gasteiger partial charge on any atom is 0.0992 e. The quantitative estimate of drug-likeness (QED) is 0.416. The van der Waals surface area contributed by atoms with Crippen molar-refractivity contribution < 1.29 is 22.8 Å². The average molecular weight is 192 g/mol.